The number of hydrogen-bond acceptors (Lipinski definition) is 7. The molecule has 5 aromatic heterocycles. The van der Waals surface area contributed by atoms with E-state index in [1.54, 1.807) is 28.9 Å². The minimum atomic E-state index is -0.136. The highest BCUT2D eigenvalue weighted by molar-refractivity contribution is 5.94. The average Bonchev–Trinajstić information content (AvgIpc) is 3.45. The van der Waals surface area contributed by atoms with Gasteiger partial charge in [0.15, 0.2) is 0 Å². The van der Waals surface area contributed by atoms with Gasteiger partial charge in [-0.1, -0.05) is 0 Å². The van der Waals surface area contributed by atoms with Crippen molar-refractivity contribution in [3.8, 4) is 28.4 Å². The molecule has 1 fully saturated rings. The van der Waals surface area contributed by atoms with Gasteiger partial charge in [-0.15, -0.1) is 0 Å². The van der Waals surface area contributed by atoms with E-state index in [0.29, 0.717) is 24.5 Å². The summed E-state index contributed by atoms with van der Waals surface area (Å²) in [5, 5.41) is 0.842. The molecule has 0 bridgehead atoms. The maximum absolute atomic E-state index is 12.4. The number of hydrogen-bond donors (Lipinski definition) is 1. The second kappa shape index (κ2) is 9.95. The minimum Gasteiger partial charge on any atom is -0.476 e. The second-order valence-electron chi connectivity index (χ2n) is 9.86. The lowest BCUT2D eigenvalue weighted by Gasteiger charge is -2.37. The van der Waals surface area contributed by atoms with Crippen LogP contribution >= 0.6 is 0 Å². The number of H-pyrrole nitrogens is 1. The summed E-state index contributed by atoms with van der Waals surface area (Å²) < 4.78 is 7.41. The molecule has 10 heteroatoms. The highest BCUT2D eigenvalue weighted by Gasteiger charge is 2.28. The molecule has 6 rings (SSSR count). The number of carbonyl (C=O) groups excluding carboxylic acids is 1. The largest absolute Gasteiger partial charge is 0.476 e. The second-order valence-corrected chi connectivity index (χ2v) is 9.86. The summed E-state index contributed by atoms with van der Waals surface area (Å²) in [5.41, 5.74) is 5.34. The molecule has 198 valence electrons. The van der Waals surface area contributed by atoms with Crippen LogP contribution < -0.4 is 10.3 Å². The van der Waals surface area contributed by atoms with Crippen LogP contribution in [-0.4, -0.2) is 79.5 Å². The third-order valence-electron chi connectivity index (χ3n) is 7.38. The van der Waals surface area contributed by atoms with Gasteiger partial charge in [0.2, 0.25) is 11.8 Å². The van der Waals surface area contributed by atoms with Crippen molar-refractivity contribution in [2.45, 2.75) is 13.0 Å². The number of piperazine rings is 1. The highest BCUT2D eigenvalue weighted by atomic mass is 16.5. The molecular weight excluding hydrogens is 494 g/mol. The summed E-state index contributed by atoms with van der Waals surface area (Å²) >= 11 is 0. The van der Waals surface area contributed by atoms with Crippen LogP contribution in [-0.2, 0) is 11.8 Å². The first-order valence-electron chi connectivity index (χ1n) is 12.9. The molecule has 5 aromatic rings. The Morgan fingerprint density at radius 1 is 0.974 bits per heavy atom. The maximum Gasteiger partial charge on any atom is 0.274 e. The minimum absolute atomic E-state index is 0.0722. The number of amides is 1. The van der Waals surface area contributed by atoms with Gasteiger partial charge in [0.1, 0.15) is 12.1 Å². The summed E-state index contributed by atoms with van der Waals surface area (Å²) in [4.78, 5) is 45.6. The van der Waals surface area contributed by atoms with Crippen molar-refractivity contribution in [3.63, 3.8) is 0 Å². The van der Waals surface area contributed by atoms with Crippen molar-refractivity contribution in [2.24, 2.45) is 7.05 Å². The van der Waals surface area contributed by atoms with E-state index in [1.807, 2.05) is 62.6 Å². The van der Waals surface area contributed by atoms with Crippen molar-refractivity contribution in [2.75, 3.05) is 33.3 Å². The first kappa shape index (κ1) is 24.7. The van der Waals surface area contributed by atoms with E-state index in [1.165, 1.54) is 0 Å². The van der Waals surface area contributed by atoms with Crippen LogP contribution in [0.25, 0.3) is 44.5 Å². The van der Waals surface area contributed by atoms with Crippen molar-refractivity contribution in [1.29, 1.82) is 0 Å². The lowest BCUT2D eigenvalue weighted by atomic mass is 10.1. The summed E-state index contributed by atoms with van der Waals surface area (Å²) in [6, 6.07) is 13.3. The zero-order valence-electron chi connectivity index (χ0n) is 22.1. The molecule has 0 saturated carbocycles. The van der Waals surface area contributed by atoms with Crippen LogP contribution in [0.5, 0.6) is 5.88 Å². The average molecular weight is 524 g/mol. The van der Waals surface area contributed by atoms with Crippen molar-refractivity contribution in [3.05, 3.63) is 71.4 Å². The summed E-state index contributed by atoms with van der Waals surface area (Å²) in [6.45, 7) is 4.63. The number of aromatic amines is 1. The van der Waals surface area contributed by atoms with E-state index in [9.17, 15) is 9.59 Å². The van der Waals surface area contributed by atoms with Crippen LogP contribution in [0.1, 0.15) is 6.92 Å². The first-order valence-corrected chi connectivity index (χ1v) is 12.9. The molecular formula is C29H29N7O3. The van der Waals surface area contributed by atoms with Crippen LogP contribution in [0, 0.1) is 0 Å². The fraction of sp³-hybridized carbons (Fsp3) is 0.276. The van der Waals surface area contributed by atoms with Gasteiger partial charge >= 0.3 is 0 Å². The van der Waals surface area contributed by atoms with E-state index in [0.717, 1.165) is 52.0 Å². The summed E-state index contributed by atoms with van der Waals surface area (Å²) in [6.07, 6.45) is 5.33. The molecule has 0 aromatic carbocycles. The molecule has 10 nitrogen and oxygen atoms in total. The van der Waals surface area contributed by atoms with E-state index in [2.05, 4.69) is 14.9 Å². The number of aromatic nitrogens is 5. The smallest absolute Gasteiger partial charge is 0.274 e. The SMILES string of the molecule is C[C@@H]1C(=O)N(C)CCN1CCOc1ccc(-c2ccc3nc(-c4cn(C)c(=O)c5[nH]ccc45)ccc3n2)cn1. The van der Waals surface area contributed by atoms with Gasteiger partial charge in [0.25, 0.3) is 5.56 Å². The van der Waals surface area contributed by atoms with Gasteiger partial charge in [0, 0.05) is 74.9 Å². The van der Waals surface area contributed by atoms with Gasteiger partial charge in [-0.25, -0.2) is 15.0 Å². The molecule has 0 radical (unpaired) electrons. The van der Waals surface area contributed by atoms with Gasteiger partial charge in [-0.3, -0.25) is 14.5 Å². The Labute approximate surface area is 224 Å². The standard InChI is InChI=1S/C29H29N7O3/c1-18-28(37)34(2)12-13-36(18)14-15-39-26-9-4-19(16-31-26)22-5-7-25-24(32-22)8-6-23(33-25)21-17-35(3)29(38)27-20(21)10-11-30-27/h4-11,16-18,30H,12-15H2,1-3H3/t18-/m1/s1. The predicted molar refractivity (Wildman–Crippen MR) is 149 cm³/mol. The Morgan fingerprint density at radius 3 is 2.51 bits per heavy atom. The molecule has 1 aliphatic rings. The number of ether oxygens (including phenoxy) is 1. The van der Waals surface area contributed by atoms with Crippen molar-refractivity contribution >= 4 is 27.8 Å². The van der Waals surface area contributed by atoms with Crippen LogP contribution in [0.3, 0.4) is 0 Å². The van der Waals surface area contributed by atoms with Crippen molar-refractivity contribution < 1.29 is 9.53 Å². The molecule has 1 amide bonds. The molecule has 1 aliphatic heterocycles. The number of nitrogens with one attached hydrogen (secondary N) is 1. The van der Waals surface area contributed by atoms with Gasteiger partial charge in [-0.2, -0.15) is 0 Å². The Balaban J connectivity index is 1.16. The lowest BCUT2D eigenvalue weighted by Crippen LogP contribution is -2.55. The normalized spacial score (nSPS) is 16.3. The van der Waals surface area contributed by atoms with Gasteiger partial charge < -0.3 is 19.2 Å². The van der Waals surface area contributed by atoms with E-state index in [-0.39, 0.29) is 17.5 Å². The Hall–Kier alpha value is -4.57. The molecule has 0 unspecified atom stereocenters. The van der Waals surface area contributed by atoms with E-state index >= 15 is 0 Å². The topological polar surface area (TPSA) is 109 Å². The number of carbonyl (C=O) groups is 1. The van der Waals surface area contributed by atoms with E-state index in [4.69, 9.17) is 14.7 Å². The van der Waals surface area contributed by atoms with Crippen LogP contribution in [0.2, 0.25) is 0 Å². The number of aryl methyl sites for hydroxylation is 1. The third-order valence-corrected chi connectivity index (χ3v) is 7.38. The molecule has 6 heterocycles. The highest BCUT2D eigenvalue weighted by Crippen LogP contribution is 2.27. The van der Waals surface area contributed by atoms with Crippen LogP contribution in [0.4, 0.5) is 0 Å². The zero-order valence-corrected chi connectivity index (χ0v) is 22.1. The Kier molecular flexibility index (Phi) is 6.32. The van der Waals surface area contributed by atoms with Crippen molar-refractivity contribution in [1.82, 2.24) is 34.3 Å². The zero-order chi connectivity index (χ0) is 27.1. The number of nitrogens with zero attached hydrogens (tertiary/aromatic N) is 6. The summed E-state index contributed by atoms with van der Waals surface area (Å²) in [5.74, 6) is 0.676. The lowest BCUT2D eigenvalue weighted by molar-refractivity contribution is -0.139. The third kappa shape index (κ3) is 4.63. The quantitative estimate of drug-likeness (QED) is 0.364. The molecule has 1 saturated heterocycles. The van der Waals surface area contributed by atoms with Gasteiger partial charge in [0.05, 0.1) is 28.5 Å². The summed E-state index contributed by atoms with van der Waals surface area (Å²) in [7, 11) is 3.58. The molecule has 0 spiro atoms. The monoisotopic (exact) mass is 523 g/mol. The molecule has 1 N–H and O–H groups in total. The number of likely N-dealkylation sites (N-methyl/N-ethyl adjacent to an activating group) is 1. The number of pyridine rings is 4. The first-order chi connectivity index (χ1) is 18.9. The van der Waals surface area contributed by atoms with Crippen LogP contribution in [0.15, 0.2) is 65.8 Å². The molecule has 39 heavy (non-hydrogen) atoms. The fourth-order valence-corrected chi connectivity index (χ4v) is 5.04. The molecule has 1 atom stereocenters. The Morgan fingerprint density at radius 2 is 1.74 bits per heavy atom. The number of rotatable bonds is 6. The molecule has 0 aliphatic carbocycles. The van der Waals surface area contributed by atoms with Gasteiger partial charge in [-0.05, 0) is 43.3 Å². The maximum atomic E-state index is 12.4. The fourth-order valence-electron chi connectivity index (χ4n) is 5.04. The number of fused-ring (bicyclic) bond motifs is 2. The van der Waals surface area contributed by atoms with E-state index < -0.39 is 0 Å². The Bertz CT molecular complexity index is 1740. The predicted octanol–water partition coefficient (Wildman–Crippen LogP) is 3.08.